The molecule has 0 unspecified atom stereocenters. The second-order valence-corrected chi connectivity index (χ2v) is 6.41. The molecule has 7 nitrogen and oxygen atoms in total. The first-order chi connectivity index (χ1) is 11.7. The first-order valence-corrected chi connectivity index (χ1v) is 8.95. The van der Waals surface area contributed by atoms with Crippen LogP contribution in [0.1, 0.15) is 40.9 Å². The molecule has 2 aromatic heterocycles. The van der Waals surface area contributed by atoms with Gasteiger partial charge in [-0.05, 0) is 19.8 Å². The van der Waals surface area contributed by atoms with Crippen LogP contribution in [0.15, 0.2) is 15.4 Å². The fourth-order valence-electron chi connectivity index (χ4n) is 2.73. The number of aryl methyl sites for hydroxylation is 2. The summed E-state index contributed by atoms with van der Waals surface area (Å²) in [5.74, 6) is 0.371. The third-order valence-electron chi connectivity index (χ3n) is 4.04. The summed E-state index contributed by atoms with van der Waals surface area (Å²) in [6.45, 7) is 5.17. The van der Waals surface area contributed by atoms with Gasteiger partial charge in [0.2, 0.25) is 0 Å². The number of nitrogens with zero attached hydrogens (tertiary/aromatic N) is 2. The lowest BCUT2D eigenvalue weighted by Crippen LogP contribution is -2.50. The molecule has 1 N–H and O–H groups in total. The number of aromatic nitrogens is 2. The highest BCUT2D eigenvalue weighted by molar-refractivity contribution is 7.07. The van der Waals surface area contributed by atoms with Crippen LogP contribution in [0.5, 0.6) is 0 Å². The van der Waals surface area contributed by atoms with Gasteiger partial charge in [0.05, 0.1) is 36.2 Å². The smallest absolute Gasteiger partial charge is 0.257 e. The molecule has 0 radical (unpaired) electrons. The molecule has 0 saturated carbocycles. The van der Waals surface area contributed by atoms with E-state index in [1.54, 1.807) is 12.4 Å². The zero-order chi connectivity index (χ0) is 16.9. The maximum Gasteiger partial charge on any atom is 0.257 e. The standard InChI is InChI=1S/C16H21N3O4S/c1-3-12-15(10(2)23-19-12)16(20)18-13-4-5-21-7-14(13)22-6-11-8-24-9-17-11/h8-9,13-14H,3-7H2,1-2H3,(H,18,20)/t13-,14-/m1/s1. The molecular formula is C16H21N3O4S. The van der Waals surface area contributed by atoms with Gasteiger partial charge >= 0.3 is 0 Å². The highest BCUT2D eigenvalue weighted by atomic mass is 32.1. The number of rotatable bonds is 6. The Morgan fingerprint density at radius 1 is 1.54 bits per heavy atom. The van der Waals surface area contributed by atoms with E-state index in [2.05, 4.69) is 15.5 Å². The summed E-state index contributed by atoms with van der Waals surface area (Å²) in [6, 6.07) is -0.108. The van der Waals surface area contributed by atoms with E-state index >= 15 is 0 Å². The first-order valence-electron chi connectivity index (χ1n) is 8.01. The molecule has 3 heterocycles. The highest BCUT2D eigenvalue weighted by Gasteiger charge is 2.30. The Morgan fingerprint density at radius 2 is 2.42 bits per heavy atom. The summed E-state index contributed by atoms with van der Waals surface area (Å²) >= 11 is 1.53. The van der Waals surface area contributed by atoms with Gasteiger partial charge < -0.3 is 19.3 Å². The number of nitrogens with one attached hydrogen (secondary N) is 1. The zero-order valence-corrected chi connectivity index (χ0v) is 14.6. The van der Waals surface area contributed by atoms with Crippen molar-refractivity contribution in [2.24, 2.45) is 0 Å². The fourth-order valence-corrected chi connectivity index (χ4v) is 3.28. The fraction of sp³-hybridized carbons (Fsp3) is 0.562. The summed E-state index contributed by atoms with van der Waals surface area (Å²) in [5, 5.41) is 8.94. The number of thiazole rings is 1. The summed E-state index contributed by atoms with van der Waals surface area (Å²) in [5.41, 5.74) is 3.87. The van der Waals surface area contributed by atoms with Gasteiger partial charge in [0.1, 0.15) is 17.4 Å². The van der Waals surface area contributed by atoms with Crippen molar-refractivity contribution in [1.82, 2.24) is 15.5 Å². The normalized spacial score (nSPS) is 20.9. The molecule has 3 rings (SSSR count). The predicted molar refractivity (Wildman–Crippen MR) is 88.0 cm³/mol. The monoisotopic (exact) mass is 351 g/mol. The van der Waals surface area contributed by atoms with Gasteiger partial charge in [0.15, 0.2) is 0 Å². The van der Waals surface area contributed by atoms with Crippen molar-refractivity contribution in [3.63, 3.8) is 0 Å². The Balaban J connectivity index is 1.64. The minimum atomic E-state index is -0.199. The van der Waals surface area contributed by atoms with Crippen LogP contribution in [0.25, 0.3) is 0 Å². The van der Waals surface area contributed by atoms with E-state index in [1.807, 2.05) is 12.3 Å². The highest BCUT2D eigenvalue weighted by Crippen LogP contribution is 2.18. The molecule has 0 aromatic carbocycles. The van der Waals surface area contributed by atoms with Crippen LogP contribution in [-0.4, -0.2) is 41.4 Å². The first kappa shape index (κ1) is 17.1. The number of hydrogen-bond donors (Lipinski definition) is 1. The summed E-state index contributed by atoms with van der Waals surface area (Å²) in [6.07, 6.45) is 1.16. The quantitative estimate of drug-likeness (QED) is 0.858. The number of ether oxygens (including phenoxy) is 2. The van der Waals surface area contributed by atoms with Crippen LogP contribution < -0.4 is 5.32 Å². The molecule has 1 fully saturated rings. The zero-order valence-electron chi connectivity index (χ0n) is 13.8. The Bertz CT molecular complexity index is 671. The Hall–Kier alpha value is -1.77. The predicted octanol–water partition coefficient (Wildman–Crippen LogP) is 2.11. The van der Waals surface area contributed by atoms with Gasteiger partial charge in [-0.15, -0.1) is 11.3 Å². The number of carbonyl (C=O) groups excluding carboxylic acids is 1. The molecule has 0 spiro atoms. The maximum atomic E-state index is 12.6. The van der Waals surface area contributed by atoms with E-state index in [9.17, 15) is 4.79 Å². The van der Waals surface area contributed by atoms with Gasteiger partial charge in [-0.25, -0.2) is 4.98 Å². The number of hydrogen-bond acceptors (Lipinski definition) is 7. The summed E-state index contributed by atoms with van der Waals surface area (Å²) in [7, 11) is 0. The molecule has 2 aromatic rings. The van der Waals surface area contributed by atoms with Gasteiger partial charge in [-0.2, -0.15) is 0 Å². The molecule has 1 aliphatic heterocycles. The largest absolute Gasteiger partial charge is 0.379 e. The van der Waals surface area contributed by atoms with Crippen molar-refractivity contribution in [1.29, 1.82) is 0 Å². The average molecular weight is 351 g/mol. The Kier molecular flexibility index (Phi) is 5.60. The van der Waals surface area contributed by atoms with E-state index in [0.29, 0.717) is 49.7 Å². The van der Waals surface area contributed by atoms with E-state index in [1.165, 1.54) is 11.3 Å². The lowest BCUT2D eigenvalue weighted by molar-refractivity contribution is -0.0742. The lowest BCUT2D eigenvalue weighted by Gasteiger charge is -2.31. The molecule has 0 bridgehead atoms. The Labute approximate surface area is 144 Å². The summed E-state index contributed by atoms with van der Waals surface area (Å²) in [4.78, 5) is 16.8. The van der Waals surface area contributed by atoms with Crippen LogP contribution in [0.3, 0.4) is 0 Å². The maximum absolute atomic E-state index is 12.6. The molecule has 1 aliphatic rings. The SMILES string of the molecule is CCc1noc(C)c1C(=O)N[C@@H]1CCOC[C@H]1OCc1cscn1. The third kappa shape index (κ3) is 3.82. The van der Waals surface area contributed by atoms with Gasteiger partial charge in [0, 0.05) is 12.0 Å². The van der Waals surface area contributed by atoms with Crippen molar-refractivity contribution in [3.05, 3.63) is 33.6 Å². The van der Waals surface area contributed by atoms with Gasteiger partial charge in [-0.3, -0.25) is 4.79 Å². The van der Waals surface area contributed by atoms with E-state index in [-0.39, 0.29) is 18.1 Å². The van der Waals surface area contributed by atoms with Crippen molar-refractivity contribution in [2.45, 2.75) is 45.4 Å². The average Bonchev–Trinajstić information content (AvgIpc) is 3.23. The lowest BCUT2D eigenvalue weighted by atomic mass is 10.0. The van der Waals surface area contributed by atoms with Crippen LogP contribution in [0, 0.1) is 6.92 Å². The molecule has 1 saturated heterocycles. The molecule has 8 heteroatoms. The molecule has 2 atom stereocenters. The minimum absolute atomic E-state index is 0.108. The molecule has 1 amide bonds. The van der Waals surface area contributed by atoms with Crippen molar-refractivity contribution < 1.29 is 18.8 Å². The minimum Gasteiger partial charge on any atom is -0.379 e. The number of carbonyl (C=O) groups is 1. The van der Waals surface area contributed by atoms with E-state index < -0.39 is 0 Å². The van der Waals surface area contributed by atoms with Gasteiger partial charge in [0.25, 0.3) is 5.91 Å². The second kappa shape index (κ2) is 7.87. The van der Waals surface area contributed by atoms with Crippen LogP contribution in [0.4, 0.5) is 0 Å². The van der Waals surface area contributed by atoms with Crippen LogP contribution >= 0.6 is 11.3 Å². The van der Waals surface area contributed by atoms with Gasteiger partial charge in [-0.1, -0.05) is 12.1 Å². The topological polar surface area (TPSA) is 86.5 Å². The van der Waals surface area contributed by atoms with E-state index in [4.69, 9.17) is 14.0 Å². The summed E-state index contributed by atoms with van der Waals surface area (Å²) < 4.78 is 16.6. The molecular weight excluding hydrogens is 330 g/mol. The third-order valence-corrected chi connectivity index (χ3v) is 4.68. The molecule has 130 valence electrons. The van der Waals surface area contributed by atoms with Crippen LogP contribution in [0.2, 0.25) is 0 Å². The molecule has 0 aliphatic carbocycles. The Morgan fingerprint density at radius 3 is 3.17 bits per heavy atom. The van der Waals surface area contributed by atoms with Crippen LogP contribution in [-0.2, 0) is 22.5 Å². The molecule has 24 heavy (non-hydrogen) atoms. The number of amides is 1. The van der Waals surface area contributed by atoms with Crippen molar-refractivity contribution in [2.75, 3.05) is 13.2 Å². The van der Waals surface area contributed by atoms with Crippen molar-refractivity contribution >= 4 is 17.2 Å². The second-order valence-electron chi connectivity index (χ2n) is 5.69. The van der Waals surface area contributed by atoms with Crippen molar-refractivity contribution in [3.8, 4) is 0 Å². The van der Waals surface area contributed by atoms with E-state index in [0.717, 1.165) is 5.69 Å².